The third kappa shape index (κ3) is 5.99. The summed E-state index contributed by atoms with van der Waals surface area (Å²) < 4.78 is 5.40. The lowest BCUT2D eigenvalue weighted by Gasteiger charge is -2.08. The molecule has 0 saturated heterocycles. The van der Waals surface area contributed by atoms with Crippen LogP contribution in [0.1, 0.15) is 25.0 Å². The molecule has 1 aromatic heterocycles. The number of aliphatic imine (C=N–C) groups is 1. The molecule has 0 aromatic carbocycles. The Hall–Kier alpha value is -1.90. The van der Waals surface area contributed by atoms with Gasteiger partial charge in [0.2, 0.25) is 0 Å². The molecule has 0 aliphatic rings. The van der Waals surface area contributed by atoms with Crippen molar-refractivity contribution >= 4 is 5.90 Å². The Labute approximate surface area is 110 Å². The number of aromatic nitrogens is 1. The fourth-order valence-electron chi connectivity index (χ4n) is 1.24. The summed E-state index contributed by atoms with van der Waals surface area (Å²) in [5.74, 6) is 1.11. The van der Waals surface area contributed by atoms with Crippen LogP contribution in [0.4, 0.5) is 0 Å². The predicted molar refractivity (Wildman–Crippen MR) is 77.8 cm³/mol. The molecule has 0 saturated carbocycles. The average Bonchev–Trinajstić information content (AvgIpc) is 2.40. The first-order chi connectivity index (χ1) is 8.65. The van der Waals surface area contributed by atoms with Crippen molar-refractivity contribution in [2.45, 2.75) is 27.2 Å². The third-order valence-corrected chi connectivity index (χ3v) is 2.01. The number of ether oxygens (including phenoxy) is 1. The maximum atomic E-state index is 5.40. The summed E-state index contributed by atoms with van der Waals surface area (Å²) >= 11 is 0. The van der Waals surface area contributed by atoms with Crippen molar-refractivity contribution in [1.82, 2.24) is 4.98 Å². The van der Waals surface area contributed by atoms with Gasteiger partial charge in [-0.25, -0.2) is 0 Å². The van der Waals surface area contributed by atoms with Crippen molar-refractivity contribution in [2.75, 3.05) is 7.05 Å². The topological polar surface area (TPSA) is 34.5 Å². The molecule has 0 radical (unpaired) electrons. The van der Waals surface area contributed by atoms with E-state index in [1.807, 2.05) is 27.0 Å². The highest BCUT2D eigenvalue weighted by molar-refractivity contribution is 5.79. The Morgan fingerprint density at radius 2 is 2.11 bits per heavy atom. The van der Waals surface area contributed by atoms with E-state index in [0.717, 1.165) is 11.1 Å². The summed E-state index contributed by atoms with van der Waals surface area (Å²) in [7, 11) is 1.69. The molecule has 1 rings (SSSR count). The van der Waals surface area contributed by atoms with Gasteiger partial charge in [-0.1, -0.05) is 33.1 Å². The number of pyridine rings is 1. The van der Waals surface area contributed by atoms with Crippen molar-refractivity contribution in [1.29, 1.82) is 0 Å². The molecule has 0 amide bonds. The summed E-state index contributed by atoms with van der Waals surface area (Å²) in [6.45, 7) is 13.3. The average molecular weight is 246 g/mol. The van der Waals surface area contributed by atoms with E-state index in [-0.39, 0.29) is 0 Å². The SMILES string of the molecule is C=CC(=C)OC(Cc1cncc(C)c1)=NC.CC. The molecule has 3 nitrogen and oxygen atoms in total. The van der Waals surface area contributed by atoms with Crippen LogP contribution in [-0.2, 0) is 11.2 Å². The van der Waals surface area contributed by atoms with Gasteiger partial charge >= 0.3 is 0 Å². The molecule has 98 valence electrons. The molecule has 0 aliphatic carbocycles. The molecule has 0 unspecified atom stereocenters. The normalized spacial score (nSPS) is 10.1. The lowest BCUT2D eigenvalue weighted by molar-refractivity contribution is 0.426. The molecule has 0 fully saturated rings. The van der Waals surface area contributed by atoms with Gasteiger partial charge in [-0.3, -0.25) is 9.98 Å². The van der Waals surface area contributed by atoms with E-state index in [4.69, 9.17) is 4.74 Å². The van der Waals surface area contributed by atoms with Gasteiger partial charge in [-0.15, -0.1) is 0 Å². The van der Waals surface area contributed by atoms with Gasteiger partial charge in [0, 0.05) is 19.4 Å². The maximum Gasteiger partial charge on any atom is 0.194 e. The molecule has 0 spiro atoms. The van der Waals surface area contributed by atoms with Gasteiger partial charge in [0.05, 0.1) is 6.42 Å². The Bertz CT molecular complexity index is 422. The minimum atomic E-state index is 0.501. The molecule has 3 heteroatoms. The summed E-state index contributed by atoms with van der Waals surface area (Å²) in [6.07, 6.45) is 5.78. The lowest BCUT2D eigenvalue weighted by Crippen LogP contribution is -2.07. The summed E-state index contributed by atoms with van der Waals surface area (Å²) in [5, 5.41) is 0. The quantitative estimate of drug-likeness (QED) is 0.351. The van der Waals surface area contributed by atoms with E-state index in [9.17, 15) is 0 Å². The Balaban J connectivity index is 0.00000137. The van der Waals surface area contributed by atoms with Crippen LogP contribution < -0.4 is 0 Å². The number of allylic oxidation sites excluding steroid dienone is 1. The lowest BCUT2D eigenvalue weighted by atomic mass is 10.1. The first-order valence-corrected chi connectivity index (χ1v) is 6.01. The molecule has 1 heterocycles. The van der Waals surface area contributed by atoms with Crippen molar-refractivity contribution in [2.24, 2.45) is 4.99 Å². The number of hydrogen-bond donors (Lipinski definition) is 0. The van der Waals surface area contributed by atoms with Gasteiger partial charge < -0.3 is 4.74 Å². The zero-order valence-corrected chi connectivity index (χ0v) is 11.7. The van der Waals surface area contributed by atoms with Crippen LogP contribution in [0.2, 0.25) is 0 Å². The van der Waals surface area contributed by atoms with Crippen molar-refractivity contribution in [3.63, 3.8) is 0 Å². The van der Waals surface area contributed by atoms with Crippen LogP contribution in [0.25, 0.3) is 0 Å². The van der Waals surface area contributed by atoms with Gasteiger partial charge in [0.1, 0.15) is 5.76 Å². The zero-order valence-electron chi connectivity index (χ0n) is 11.7. The number of rotatable bonds is 4. The predicted octanol–water partition coefficient (Wildman–Crippen LogP) is 3.70. The first-order valence-electron chi connectivity index (χ1n) is 6.01. The second-order valence-electron chi connectivity index (χ2n) is 3.44. The Kier molecular flexibility index (Phi) is 8.20. The van der Waals surface area contributed by atoms with Crippen LogP contribution in [0.3, 0.4) is 0 Å². The van der Waals surface area contributed by atoms with E-state index in [1.165, 1.54) is 0 Å². The van der Waals surface area contributed by atoms with E-state index in [2.05, 4.69) is 29.2 Å². The van der Waals surface area contributed by atoms with Crippen LogP contribution in [0.5, 0.6) is 0 Å². The Morgan fingerprint density at radius 3 is 2.61 bits per heavy atom. The third-order valence-electron chi connectivity index (χ3n) is 2.01. The summed E-state index contributed by atoms with van der Waals surface area (Å²) in [6, 6.07) is 2.05. The highest BCUT2D eigenvalue weighted by Crippen LogP contribution is 2.06. The van der Waals surface area contributed by atoms with E-state index < -0.39 is 0 Å². The zero-order chi connectivity index (χ0) is 14.0. The second kappa shape index (κ2) is 9.16. The smallest absolute Gasteiger partial charge is 0.194 e. The van der Waals surface area contributed by atoms with Gasteiger partial charge in [0.15, 0.2) is 5.90 Å². The van der Waals surface area contributed by atoms with Crippen LogP contribution in [0.15, 0.2) is 48.4 Å². The van der Waals surface area contributed by atoms with E-state index in [1.54, 1.807) is 19.3 Å². The number of nitrogens with zero attached hydrogens (tertiary/aromatic N) is 2. The number of aryl methyl sites for hydroxylation is 1. The van der Waals surface area contributed by atoms with Gasteiger partial charge in [0.25, 0.3) is 0 Å². The Morgan fingerprint density at radius 1 is 1.44 bits per heavy atom. The molecule has 0 N–H and O–H groups in total. The highest BCUT2D eigenvalue weighted by atomic mass is 16.5. The van der Waals surface area contributed by atoms with Crippen LogP contribution >= 0.6 is 0 Å². The molecule has 0 atom stereocenters. The van der Waals surface area contributed by atoms with Crippen LogP contribution in [0, 0.1) is 6.92 Å². The molecule has 0 bridgehead atoms. The van der Waals surface area contributed by atoms with Gasteiger partial charge in [-0.2, -0.15) is 0 Å². The molecule has 18 heavy (non-hydrogen) atoms. The number of hydrogen-bond acceptors (Lipinski definition) is 3. The fourth-order valence-corrected chi connectivity index (χ4v) is 1.24. The van der Waals surface area contributed by atoms with Crippen LogP contribution in [-0.4, -0.2) is 17.9 Å². The van der Waals surface area contributed by atoms with Crippen molar-refractivity contribution in [3.05, 3.63) is 54.6 Å². The van der Waals surface area contributed by atoms with Crippen molar-refractivity contribution in [3.8, 4) is 0 Å². The molecule has 1 aromatic rings. The summed E-state index contributed by atoms with van der Waals surface area (Å²) in [5.41, 5.74) is 2.19. The van der Waals surface area contributed by atoms with E-state index >= 15 is 0 Å². The standard InChI is InChI=1S/C13H16N2O.C2H6/c1-5-11(3)16-13(14-4)7-12-6-10(2)8-15-9-12;1-2/h5-6,8-9H,1,3,7H2,2,4H3;1-2H3. The minimum absolute atomic E-state index is 0.501. The molecule has 0 aliphatic heterocycles. The molecular formula is C15H22N2O. The second-order valence-corrected chi connectivity index (χ2v) is 3.44. The molecular weight excluding hydrogens is 224 g/mol. The van der Waals surface area contributed by atoms with Gasteiger partial charge in [-0.05, 0) is 24.1 Å². The summed E-state index contributed by atoms with van der Waals surface area (Å²) in [4.78, 5) is 8.18. The first kappa shape index (κ1) is 16.1. The highest BCUT2D eigenvalue weighted by Gasteiger charge is 2.03. The largest absolute Gasteiger partial charge is 0.444 e. The maximum absolute atomic E-state index is 5.40. The monoisotopic (exact) mass is 246 g/mol. The van der Waals surface area contributed by atoms with Crippen molar-refractivity contribution < 1.29 is 4.74 Å². The van der Waals surface area contributed by atoms with E-state index in [0.29, 0.717) is 18.1 Å². The minimum Gasteiger partial charge on any atom is -0.444 e. The fraction of sp³-hybridized carbons (Fsp3) is 0.333.